The van der Waals surface area contributed by atoms with Crippen LogP contribution in [0, 0.1) is 0 Å². The fourth-order valence-corrected chi connectivity index (χ4v) is 3.70. The molecule has 6 nitrogen and oxygen atoms in total. The smallest absolute Gasteiger partial charge is 0.254 e. The molecule has 0 aliphatic carbocycles. The van der Waals surface area contributed by atoms with Gasteiger partial charge in [0, 0.05) is 41.7 Å². The van der Waals surface area contributed by atoms with Gasteiger partial charge in [0.2, 0.25) is 5.91 Å². The Morgan fingerprint density at radius 3 is 2.75 bits per heavy atom. The third-order valence-corrected chi connectivity index (χ3v) is 4.94. The van der Waals surface area contributed by atoms with Gasteiger partial charge in [0.05, 0.1) is 11.7 Å². The highest BCUT2D eigenvalue weighted by molar-refractivity contribution is 7.99. The lowest BCUT2D eigenvalue weighted by molar-refractivity contribution is -0.116. The lowest BCUT2D eigenvalue weighted by Gasteiger charge is -2.19. The third-order valence-electron chi connectivity index (χ3n) is 3.84. The fraction of sp³-hybridized carbons (Fsp3) is 0.412. The van der Waals surface area contributed by atoms with Crippen molar-refractivity contribution in [2.45, 2.75) is 43.8 Å². The molecule has 1 aliphatic heterocycles. The molecule has 0 saturated heterocycles. The Morgan fingerprint density at radius 1 is 1.38 bits per heavy atom. The Kier molecular flexibility index (Phi) is 4.45. The first kappa shape index (κ1) is 16.7. The monoisotopic (exact) mass is 344 g/mol. The first-order valence-electron chi connectivity index (χ1n) is 7.81. The predicted molar refractivity (Wildman–Crippen MR) is 94.4 cm³/mol. The maximum Gasteiger partial charge on any atom is 0.254 e. The second-order valence-corrected chi connectivity index (χ2v) is 7.82. The first-order valence-corrected chi connectivity index (χ1v) is 8.80. The van der Waals surface area contributed by atoms with Crippen molar-refractivity contribution in [1.29, 1.82) is 0 Å². The number of nitrogens with zero attached hydrogens (tertiary/aromatic N) is 3. The molecule has 2 aromatic heterocycles. The molecule has 1 unspecified atom stereocenters. The maximum absolute atomic E-state index is 12.5. The molecule has 0 saturated carbocycles. The molecular formula is C17H20N4O2S. The van der Waals surface area contributed by atoms with E-state index in [9.17, 15) is 9.59 Å². The lowest BCUT2D eigenvalue weighted by Crippen LogP contribution is -2.29. The van der Waals surface area contributed by atoms with Crippen LogP contribution in [0.25, 0.3) is 0 Å². The minimum absolute atomic E-state index is 0.0864. The van der Waals surface area contributed by atoms with Crippen LogP contribution in [-0.4, -0.2) is 26.2 Å². The summed E-state index contributed by atoms with van der Waals surface area (Å²) >= 11 is 1.53. The van der Waals surface area contributed by atoms with Crippen LogP contribution in [0.15, 0.2) is 40.5 Å². The number of hydrogen-bond acceptors (Lipinski definition) is 5. The van der Waals surface area contributed by atoms with Gasteiger partial charge in [-0.1, -0.05) is 32.5 Å². The molecule has 1 amide bonds. The number of thioether (sulfide) groups is 1. The number of anilines is 1. The van der Waals surface area contributed by atoms with Crippen LogP contribution in [0.5, 0.6) is 0 Å². The molecule has 0 aromatic carbocycles. The van der Waals surface area contributed by atoms with Gasteiger partial charge in [-0.15, -0.1) is 0 Å². The van der Waals surface area contributed by atoms with Crippen molar-refractivity contribution in [1.82, 2.24) is 14.5 Å². The van der Waals surface area contributed by atoms with Crippen molar-refractivity contribution in [2.75, 3.05) is 11.1 Å². The highest BCUT2D eigenvalue weighted by Gasteiger charge is 2.29. The number of amides is 1. The normalized spacial score (nSPS) is 16.7. The maximum atomic E-state index is 12.5. The zero-order valence-corrected chi connectivity index (χ0v) is 14.8. The van der Waals surface area contributed by atoms with Crippen molar-refractivity contribution in [3.63, 3.8) is 0 Å². The second kappa shape index (κ2) is 6.39. The van der Waals surface area contributed by atoms with Gasteiger partial charge in [0.25, 0.3) is 5.56 Å². The molecule has 0 bridgehead atoms. The van der Waals surface area contributed by atoms with Crippen molar-refractivity contribution < 1.29 is 4.79 Å². The zero-order valence-electron chi connectivity index (χ0n) is 13.9. The molecule has 1 aliphatic rings. The van der Waals surface area contributed by atoms with Crippen LogP contribution in [0.1, 0.15) is 38.9 Å². The Hall–Kier alpha value is -2.15. The number of hydrogen-bond donors (Lipinski definition) is 1. The zero-order chi connectivity index (χ0) is 17.3. The molecule has 126 valence electrons. The van der Waals surface area contributed by atoms with Gasteiger partial charge in [0.1, 0.15) is 0 Å². The topological polar surface area (TPSA) is 76.9 Å². The van der Waals surface area contributed by atoms with Crippen LogP contribution in [0.2, 0.25) is 0 Å². The van der Waals surface area contributed by atoms with Gasteiger partial charge in [-0.3, -0.25) is 19.1 Å². The van der Waals surface area contributed by atoms with E-state index in [4.69, 9.17) is 0 Å². The Bertz CT molecular complexity index is 812. The molecule has 1 N–H and O–H groups in total. The van der Waals surface area contributed by atoms with Gasteiger partial charge in [-0.25, -0.2) is 4.98 Å². The van der Waals surface area contributed by atoms with Crippen molar-refractivity contribution in [2.24, 2.45) is 0 Å². The number of aromatic nitrogens is 3. The summed E-state index contributed by atoms with van der Waals surface area (Å²) in [6, 6.07) is 4.89. The van der Waals surface area contributed by atoms with Gasteiger partial charge < -0.3 is 5.32 Å². The first-order chi connectivity index (χ1) is 11.3. The molecule has 2 aromatic rings. The molecule has 0 radical (unpaired) electrons. The quantitative estimate of drug-likeness (QED) is 0.866. The van der Waals surface area contributed by atoms with E-state index in [-0.39, 0.29) is 29.3 Å². The predicted octanol–water partition coefficient (Wildman–Crippen LogP) is 2.61. The van der Waals surface area contributed by atoms with Gasteiger partial charge in [0.15, 0.2) is 5.16 Å². The van der Waals surface area contributed by atoms with Crippen molar-refractivity contribution in [3.05, 3.63) is 46.6 Å². The number of fused-ring (bicyclic) bond motifs is 1. The van der Waals surface area contributed by atoms with Gasteiger partial charge >= 0.3 is 0 Å². The summed E-state index contributed by atoms with van der Waals surface area (Å²) in [4.78, 5) is 33.3. The highest BCUT2D eigenvalue weighted by atomic mass is 32.2. The summed E-state index contributed by atoms with van der Waals surface area (Å²) in [7, 11) is 0. The van der Waals surface area contributed by atoms with Crippen LogP contribution in [0.3, 0.4) is 0 Å². The summed E-state index contributed by atoms with van der Waals surface area (Å²) < 4.78 is 1.64. The number of rotatable bonds is 3. The summed E-state index contributed by atoms with van der Waals surface area (Å²) in [6.07, 6.45) is 3.50. The number of carbonyl (C=O) groups excluding carboxylic acids is 1. The standard InChI is InChI=1S/C17H20N4O2S/c1-17(2,3)13-9-15(23)21-12(10-24-16(21)20-13)8-14(22)19-11-4-6-18-7-5-11/h4-7,9,12H,8,10H2,1-3H3,(H,18,19,22). The summed E-state index contributed by atoms with van der Waals surface area (Å²) in [5.41, 5.74) is 1.23. The molecule has 3 heterocycles. The molecule has 1 atom stereocenters. The average molecular weight is 344 g/mol. The van der Waals surface area contributed by atoms with Crippen LogP contribution in [0.4, 0.5) is 5.69 Å². The Labute approximate surface area is 144 Å². The van der Waals surface area contributed by atoms with Crippen molar-refractivity contribution in [3.8, 4) is 0 Å². The number of carbonyl (C=O) groups is 1. The average Bonchev–Trinajstić information content (AvgIpc) is 2.90. The SMILES string of the molecule is CC(C)(C)c1cc(=O)n2c(n1)SCC2CC(=O)Nc1ccncc1. The highest BCUT2D eigenvalue weighted by Crippen LogP contribution is 2.33. The second-order valence-electron chi connectivity index (χ2n) is 6.84. The largest absolute Gasteiger partial charge is 0.326 e. The fourth-order valence-electron chi connectivity index (χ4n) is 2.55. The van der Waals surface area contributed by atoms with E-state index >= 15 is 0 Å². The summed E-state index contributed by atoms with van der Waals surface area (Å²) in [6.45, 7) is 6.10. The van der Waals surface area contributed by atoms with E-state index in [1.165, 1.54) is 11.8 Å². The third kappa shape index (κ3) is 3.51. The minimum Gasteiger partial charge on any atom is -0.326 e. The number of nitrogens with one attached hydrogen (secondary N) is 1. The van der Waals surface area contributed by atoms with Gasteiger partial charge in [-0.05, 0) is 12.1 Å². The molecule has 24 heavy (non-hydrogen) atoms. The van der Waals surface area contributed by atoms with E-state index in [0.717, 1.165) is 5.69 Å². The molecule has 0 fully saturated rings. The van der Waals surface area contributed by atoms with E-state index in [0.29, 0.717) is 16.6 Å². The van der Waals surface area contributed by atoms with E-state index < -0.39 is 0 Å². The van der Waals surface area contributed by atoms with E-state index in [1.807, 2.05) is 20.8 Å². The van der Waals surface area contributed by atoms with Gasteiger partial charge in [-0.2, -0.15) is 0 Å². The molecular weight excluding hydrogens is 324 g/mol. The van der Waals surface area contributed by atoms with Crippen LogP contribution < -0.4 is 10.9 Å². The minimum atomic E-state index is -0.174. The molecule has 7 heteroatoms. The number of pyridine rings is 1. The Morgan fingerprint density at radius 2 is 2.08 bits per heavy atom. The lowest BCUT2D eigenvalue weighted by atomic mass is 9.92. The summed E-state index contributed by atoms with van der Waals surface area (Å²) in [5, 5.41) is 3.53. The van der Waals surface area contributed by atoms with E-state index in [1.54, 1.807) is 35.2 Å². The van der Waals surface area contributed by atoms with E-state index in [2.05, 4.69) is 15.3 Å². The van der Waals surface area contributed by atoms with Crippen molar-refractivity contribution >= 4 is 23.4 Å². The summed E-state index contributed by atoms with van der Waals surface area (Å²) in [5.74, 6) is 0.561. The van der Waals surface area contributed by atoms with Crippen LogP contribution in [-0.2, 0) is 10.2 Å². The molecule has 0 spiro atoms. The van der Waals surface area contributed by atoms with Crippen LogP contribution >= 0.6 is 11.8 Å². The molecule has 3 rings (SSSR count). The Balaban J connectivity index is 1.78.